The number of hydrogen-bond donors (Lipinski definition) is 1. The van der Waals surface area contributed by atoms with Gasteiger partial charge in [-0.3, -0.25) is 0 Å². The first-order chi connectivity index (χ1) is 9.60. The van der Waals surface area contributed by atoms with Gasteiger partial charge in [0.2, 0.25) is 5.76 Å². The molecule has 0 radical (unpaired) electrons. The molecule has 0 aliphatic heterocycles. The lowest BCUT2D eigenvalue weighted by Gasteiger charge is -2.03. The highest BCUT2D eigenvalue weighted by atomic mass is 19.2. The molecule has 1 aromatic carbocycles. The zero-order valence-electron chi connectivity index (χ0n) is 10.8. The van der Waals surface area contributed by atoms with Crippen LogP contribution in [0.15, 0.2) is 34.7 Å². The Morgan fingerprint density at radius 2 is 2.00 bits per heavy atom. The molecule has 2 rings (SSSR count). The van der Waals surface area contributed by atoms with Crippen molar-refractivity contribution in [2.45, 2.75) is 13.1 Å². The summed E-state index contributed by atoms with van der Waals surface area (Å²) in [6.07, 6.45) is 0. The summed E-state index contributed by atoms with van der Waals surface area (Å²) in [6, 6.07) is 6.86. The van der Waals surface area contributed by atoms with Crippen LogP contribution in [0.2, 0.25) is 0 Å². The lowest BCUT2D eigenvalue weighted by atomic mass is 10.2. The van der Waals surface area contributed by atoms with Crippen molar-refractivity contribution < 1.29 is 22.7 Å². The summed E-state index contributed by atoms with van der Waals surface area (Å²) in [6.45, 7) is 0.710. The van der Waals surface area contributed by atoms with Gasteiger partial charge in [0.15, 0.2) is 11.6 Å². The van der Waals surface area contributed by atoms with Gasteiger partial charge in [-0.15, -0.1) is 0 Å². The maximum absolute atomic E-state index is 13.0. The summed E-state index contributed by atoms with van der Waals surface area (Å²) >= 11 is 0. The molecular formula is C14H13F2NO3. The SMILES string of the molecule is COC(=O)c1ccc(CNCc2ccc(F)c(F)c2)o1. The van der Waals surface area contributed by atoms with Crippen LogP contribution in [-0.2, 0) is 17.8 Å². The largest absolute Gasteiger partial charge is 0.463 e. The molecule has 0 bridgehead atoms. The molecule has 0 spiro atoms. The average molecular weight is 281 g/mol. The van der Waals surface area contributed by atoms with Gasteiger partial charge in [-0.1, -0.05) is 6.07 Å². The van der Waals surface area contributed by atoms with E-state index in [1.54, 1.807) is 6.07 Å². The van der Waals surface area contributed by atoms with Crippen molar-refractivity contribution >= 4 is 5.97 Å². The van der Waals surface area contributed by atoms with Crippen molar-refractivity contribution in [2.75, 3.05) is 7.11 Å². The van der Waals surface area contributed by atoms with E-state index in [0.29, 0.717) is 24.4 Å². The van der Waals surface area contributed by atoms with E-state index in [9.17, 15) is 13.6 Å². The van der Waals surface area contributed by atoms with E-state index in [0.717, 1.165) is 12.1 Å². The minimum atomic E-state index is -0.879. The van der Waals surface area contributed by atoms with Crippen molar-refractivity contribution in [3.8, 4) is 0 Å². The van der Waals surface area contributed by atoms with E-state index >= 15 is 0 Å². The molecule has 0 aliphatic rings. The van der Waals surface area contributed by atoms with Crippen LogP contribution in [0.5, 0.6) is 0 Å². The van der Waals surface area contributed by atoms with Gasteiger partial charge in [0, 0.05) is 6.54 Å². The molecule has 1 aromatic heterocycles. The number of hydrogen-bond acceptors (Lipinski definition) is 4. The molecule has 0 amide bonds. The maximum Gasteiger partial charge on any atom is 0.373 e. The van der Waals surface area contributed by atoms with Gasteiger partial charge < -0.3 is 14.5 Å². The van der Waals surface area contributed by atoms with Gasteiger partial charge in [0.05, 0.1) is 13.7 Å². The van der Waals surface area contributed by atoms with Crippen LogP contribution in [0.4, 0.5) is 8.78 Å². The van der Waals surface area contributed by atoms with Crippen LogP contribution in [0, 0.1) is 11.6 Å². The predicted molar refractivity (Wildman–Crippen MR) is 66.9 cm³/mol. The number of halogens is 2. The quantitative estimate of drug-likeness (QED) is 0.856. The zero-order chi connectivity index (χ0) is 14.5. The minimum Gasteiger partial charge on any atom is -0.463 e. The van der Waals surface area contributed by atoms with Crippen LogP contribution in [0.25, 0.3) is 0 Å². The zero-order valence-corrected chi connectivity index (χ0v) is 10.8. The summed E-state index contributed by atoms with van der Waals surface area (Å²) in [4.78, 5) is 11.2. The fraction of sp³-hybridized carbons (Fsp3) is 0.214. The number of esters is 1. The summed E-state index contributed by atoms with van der Waals surface area (Å²) in [5.74, 6) is -1.63. The van der Waals surface area contributed by atoms with E-state index < -0.39 is 17.6 Å². The summed E-state index contributed by atoms with van der Waals surface area (Å²) < 4.78 is 35.5. The Hall–Kier alpha value is -2.21. The third-order valence-corrected chi connectivity index (χ3v) is 2.66. The number of benzene rings is 1. The molecule has 0 fully saturated rings. The standard InChI is InChI=1S/C14H13F2NO3/c1-19-14(18)13-5-3-10(20-13)8-17-7-9-2-4-11(15)12(16)6-9/h2-6,17H,7-8H2,1H3. The van der Waals surface area contributed by atoms with Gasteiger partial charge >= 0.3 is 5.97 Å². The summed E-state index contributed by atoms with van der Waals surface area (Å²) in [7, 11) is 1.27. The van der Waals surface area contributed by atoms with Gasteiger partial charge in [-0.25, -0.2) is 13.6 Å². The lowest BCUT2D eigenvalue weighted by molar-refractivity contribution is 0.0563. The van der Waals surface area contributed by atoms with Crippen LogP contribution in [0.3, 0.4) is 0 Å². The van der Waals surface area contributed by atoms with Crippen LogP contribution in [0.1, 0.15) is 21.9 Å². The Balaban J connectivity index is 1.88. The Morgan fingerprint density at radius 3 is 2.70 bits per heavy atom. The van der Waals surface area contributed by atoms with Crippen LogP contribution < -0.4 is 5.32 Å². The van der Waals surface area contributed by atoms with Gasteiger partial charge in [0.1, 0.15) is 5.76 Å². The molecule has 0 aliphatic carbocycles. The third-order valence-electron chi connectivity index (χ3n) is 2.66. The minimum absolute atomic E-state index is 0.122. The fourth-order valence-electron chi connectivity index (χ4n) is 1.66. The summed E-state index contributed by atoms with van der Waals surface area (Å²) in [5.41, 5.74) is 0.614. The highest BCUT2D eigenvalue weighted by molar-refractivity contribution is 5.86. The highest BCUT2D eigenvalue weighted by Crippen LogP contribution is 2.10. The Kier molecular flexibility index (Phi) is 4.47. The van der Waals surface area contributed by atoms with Gasteiger partial charge in [-0.2, -0.15) is 0 Å². The first-order valence-corrected chi connectivity index (χ1v) is 5.92. The maximum atomic E-state index is 13.0. The molecule has 2 aromatic rings. The smallest absolute Gasteiger partial charge is 0.373 e. The normalized spacial score (nSPS) is 10.6. The molecule has 0 unspecified atom stereocenters. The molecule has 6 heteroatoms. The first-order valence-electron chi connectivity index (χ1n) is 5.92. The van der Waals surface area contributed by atoms with E-state index in [4.69, 9.17) is 4.42 Å². The van der Waals surface area contributed by atoms with E-state index in [-0.39, 0.29) is 5.76 Å². The molecule has 4 nitrogen and oxygen atoms in total. The Labute approximate surface area is 114 Å². The lowest BCUT2D eigenvalue weighted by Crippen LogP contribution is -2.12. The topological polar surface area (TPSA) is 51.5 Å². The van der Waals surface area contributed by atoms with Gasteiger partial charge in [-0.05, 0) is 29.8 Å². The molecule has 0 atom stereocenters. The Bertz CT molecular complexity index is 610. The molecular weight excluding hydrogens is 268 g/mol. The Morgan fingerprint density at radius 1 is 1.20 bits per heavy atom. The number of furan rings is 1. The third kappa shape index (κ3) is 3.42. The summed E-state index contributed by atoms with van der Waals surface area (Å²) in [5, 5.41) is 3.00. The monoisotopic (exact) mass is 281 g/mol. The number of rotatable bonds is 5. The first kappa shape index (κ1) is 14.2. The second kappa shape index (κ2) is 6.29. The predicted octanol–water partition coefficient (Wildman–Crippen LogP) is 2.63. The van der Waals surface area contributed by atoms with Gasteiger partial charge in [0.25, 0.3) is 0 Å². The molecule has 20 heavy (non-hydrogen) atoms. The number of ether oxygens (including phenoxy) is 1. The van der Waals surface area contributed by atoms with Crippen molar-refractivity contribution in [1.82, 2.24) is 5.32 Å². The average Bonchev–Trinajstić information content (AvgIpc) is 2.91. The highest BCUT2D eigenvalue weighted by Gasteiger charge is 2.10. The number of carbonyl (C=O) groups excluding carboxylic acids is 1. The van der Waals surface area contributed by atoms with Crippen molar-refractivity contribution in [3.05, 3.63) is 59.1 Å². The van der Waals surface area contributed by atoms with Crippen molar-refractivity contribution in [1.29, 1.82) is 0 Å². The van der Waals surface area contributed by atoms with E-state index in [2.05, 4.69) is 10.1 Å². The fourth-order valence-corrected chi connectivity index (χ4v) is 1.66. The second-order valence-electron chi connectivity index (χ2n) is 4.11. The van der Waals surface area contributed by atoms with E-state index in [1.165, 1.54) is 19.2 Å². The van der Waals surface area contributed by atoms with Crippen molar-refractivity contribution in [2.24, 2.45) is 0 Å². The molecule has 1 N–H and O–H groups in total. The molecule has 0 saturated carbocycles. The number of methoxy groups -OCH3 is 1. The molecule has 1 heterocycles. The second-order valence-corrected chi connectivity index (χ2v) is 4.11. The molecule has 106 valence electrons. The van der Waals surface area contributed by atoms with E-state index in [1.807, 2.05) is 0 Å². The molecule has 0 saturated heterocycles. The van der Waals surface area contributed by atoms with Crippen molar-refractivity contribution in [3.63, 3.8) is 0 Å². The van der Waals surface area contributed by atoms with Crippen LogP contribution >= 0.6 is 0 Å². The number of nitrogens with one attached hydrogen (secondary N) is 1. The van der Waals surface area contributed by atoms with Crippen LogP contribution in [-0.4, -0.2) is 13.1 Å². The number of carbonyl (C=O) groups is 1.